The van der Waals surface area contributed by atoms with Gasteiger partial charge in [-0.2, -0.15) is 0 Å². The average Bonchev–Trinajstić information content (AvgIpc) is 2.83. The lowest BCUT2D eigenvalue weighted by molar-refractivity contribution is -0.117. The van der Waals surface area contributed by atoms with Crippen LogP contribution in [0.1, 0.15) is 11.4 Å². The van der Waals surface area contributed by atoms with Crippen molar-refractivity contribution in [2.75, 3.05) is 29.4 Å². The molecule has 1 saturated heterocycles. The van der Waals surface area contributed by atoms with E-state index in [1.54, 1.807) is 29.8 Å². The summed E-state index contributed by atoms with van der Waals surface area (Å²) < 4.78 is 16.3. The van der Waals surface area contributed by atoms with Gasteiger partial charge in [0.2, 0.25) is 11.9 Å². The minimum Gasteiger partial charge on any atom is -0.330 e. The number of aromatic nitrogens is 4. The molecule has 0 radical (unpaired) electrons. The lowest BCUT2D eigenvalue weighted by Crippen LogP contribution is -2.51. The smallest absolute Gasteiger partial charge is 0.279 e. The maximum atomic E-state index is 14.9. The van der Waals surface area contributed by atoms with Gasteiger partial charge in [-0.1, -0.05) is 29.3 Å². The van der Waals surface area contributed by atoms with Gasteiger partial charge in [0.05, 0.1) is 0 Å². The van der Waals surface area contributed by atoms with Crippen molar-refractivity contribution in [1.29, 1.82) is 0 Å². The number of hydrogen-bond donors (Lipinski definition) is 0. The molecule has 1 aliphatic rings. The third-order valence-electron chi connectivity index (χ3n) is 6.17. The Hall–Kier alpha value is -3.85. The Morgan fingerprint density at radius 3 is 2.37 bits per heavy atom. The monoisotopic (exact) mass is 492 g/mol. The molecule has 0 atom stereocenters. The second kappa shape index (κ2) is 8.74. The van der Waals surface area contributed by atoms with Crippen LogP contribution in [0.15, 0.2) is 47.3 Å². The van der Waals surface area contributed by atoms with Gasteiger partial charge in [-0.05, 0) is 44.2 Å². The Kier molecular flexibility index (Phi) is 5.72. The summed E-state index contributed by atoms with van der Waals surface area (Å²) in [7, 11) is 1.60. The Labute approximate surface area is 205 Å². The first-order chi connectivity index (χ1) is 16.7. The maximum absolute atomic E-state index is 14.9. The lowest BCUT2D eigenvalue weighted by Gasteiger charge is -2.34. The van der Waals surface area contributed by atoms with E-state index in [1.807, 2.05) is 31.2 Å². The molecule has 3 heterocycles. The van der Waals surface area contributed by atoms with Gasteiger partial charge in [0, 0.05) is 36.4 Å². The Morgan fingerprint density at radius 2 is 1.69 bits per heavy atom. The highest BCUT2D eigenvalue weighted by molar-refractivity contribution is 6.30. The number of benzene rings is 2. The zero-order chi connectivity index (χ0) is 24.9. The quantitative estimate of drug-likeness (QED) is 0.434. The minimum absolute atomic E-state index is 0.0154. The minimum atomic E-state index is -0.594. The fourth-order valence-corrected chi connectivity index (χ4v) is 4.25. The molecule has 0 aliphatic carbocycles. The van der Waals surface area contributed by atoms with Crippen LogP contribution in [0.4, 0.5) is 16.0 Å². The summed E-state index contributed by atoms with van der Waals surface area (Å²) in [6.07, 6.45) is 0. The van der Waals surface area contributed by atoms with Crippen LogP contribution in [0.2, 0.25) is 5.02 Å². The number of rotatable bonds is 3. The van der Waals surface area contributed by atoms with Gasteiger partial charge in [0.1, 0.15) is 29.4 Å². The van der Waals surface area contributed by atoms with Crippen molar-refractivity contribution in [2.24, 2.45) is 7.05 Å². The van der Waals surface area contributed by atoms with Crippen molar-refractivity contribution >= 4 is 40.2 Å². The first kappa shape index (κ1) is 22.9. The third kappa shape index (κ3) is 4.12. The molecule has 0 unspecified atom stereocenters. The number of halogens is 2. The van der Waals surface area contributed by atoms with Crippen molar-refractivity contribution in [3.05, 3.63) is 75.0 Å². The predicted molar refractivity (Wildman–Crippen MR) is 133 cm³/mol. The number of fused-ring (bicyclic) bond motifs is 1. The fourth-order valence-electron chi connectivity index (χ4n) is 4.09. The van der Waals surface area contributed by atoms with E-state index in [4.69, 9.17) is 11.6 Å². The van der Waals surface area contributed by atoms with Crippen molar-refractivity contribution in [3.63, 3.8) is 0 Å². The van der Waals surface area contributed by atoms with E-state index in [1.165, 1.54) is 16.7 Å². The van der Waals surface area contributed by atoms with Crippen LogP contribution in [-0.2, 0) is 11.8 Å². The predicted octanol–water partition coefficient (Wildman–Crippen LogP) is 3.65. The number of hydrogen-bond acceptors (Lipinski definition) is 6. The summed E-state index contributed by atoms with van der Waals surface area (Å²) in [4.78, 5) is 43.0. The standard InChI is InChI=1S/C25H22ClFN6O2/c1-14-4-7-17(8-5-14)33-11-10-32(13-20(33)34)25-29-21(18-9-6-16(26)12-19(18)27)22-23(30-25)24(35)31(3)15(2)28-22/h4-9,12H,10-11,13H2,1-3H3. The number of nitrogens with zero attached hydrogens (tertiary/aromatic N) is 6. The van der Waals surface area contributed by atoms with Crippen LogP contribution in [0.25, 0.3) is 22.3 Å². The van der Waals surface area contributed by atoms with Gasteiger partial charge < -0.3 is 9.80 Å². The molecule has 0 saturated carbocycles. The number of piperazine rings is 1. The molecule has 0 N–H and O–H groups in total. The molecule has 4 aromatic rings. The van der Waals surface area contributed by atoms with E-state index in [0.29, 0.717) is 18.9 Å². The second-order valence-corrected chi connectivity index (χ2v) is 8.96. The summed E-state index contributed by atoms with van der Waals surface area (Å²) in [6.45, 7) is 4.54. The average molecular weight is 493 g/mol. The zero-order valence-electron chi connectivity index (χ0n) is 19.4. The Balaban J connectivity index is 1.60. The van der Waals surface area contributed by atoms with Crippen LogP contribution < -0.4 is 15.4 Å². The van der Waals surface area contributed by atoms with E-state index in [9.17, 15) is 14.0 Å². The van der Waals surface area contributed by atoms with Crippen LogP contribution >= 0.6 is 11.6 Å². The van der Waals surface area contributed by atoms with Gasteiger partial charge in [-0.25, -0.2) is 19.3 Å². The Bertz CT molecular complexity index is 1540. The summed E-state index contributed by atoms with van der Waals surface area (Å²) in [5, 5.41) is 0.239. The largest absolute Gasteiger partial charge is 0.330 e. The highest BCUT2D eigenvalue weighted by Crippen LogP contribution is 2.30. The Morgan fingerprint density at radius 1 is 0.943 bits per heavy atom. The molecule has 2 aromatic heterocycles. The second-order valence-electron chi connectivity index (χ2n) is 8.52. The molecule has 2 aromatic carbocycles. The van der Waals surface area contributed by atoms with Crippen molar-refractivity contribution in [1.82, 2.24) is 19.5 Å². The zero-order valence-corrected chi connectivity index (χ0v) is 20.2. The molecule has 178 valence electrons. The maximum Gasteiger partial charge on any atom is 0.279 e. The lowest BCUT2D eigenvalue weighted by atomic mass is 10.1. The van der Waals surface area contributed by atoms with E-state index in [-0.39, 0.29) is 51.3 Å². The molecule has 1 amide bonds. The topological polar surface area (TPSA) is 84.2 Å². The van der Waals surface area contributed by atoms with Gasteiger partial charge >= 0.3 is 0 Å². The number of carbonyl (C=O) groups excluding carboxylic acids is 1. The van der Waals surface area contributed by atoms with Crippen LogP contribution in [0.3, 0.4) is 0 Å². The molecular weight excluding hydrogens is 471 g/mol. The van der Waals surface area contributed by atoms with Crippen molar-refractivity contribution in [2.45, 2.75) is 13.8 Å². The van der Waals surface area contributed by atoms with Crippen molar-refractivity contribution < 1.29 is 9.18 Å². The van der Waals surface area contributed by atoms with E-state index in [0.717, 1.165) is 11.3 Å². The van der Waals surface area contributed by atoms with Crippen LogP contribution in [0, 0.1) is 19.7 Å². The highest BCUT2D eigenvalue weighted by Gasteiger charge is 2.28. The number of aryl methyl sites for hydroxylation is 2. The fraction of sp³-hybridized carbons (Fsp3) is 0.240. The summed E-state index contributed by atoms with van der Waals surface area (Å²) >= 11 is 5.94. The molecule has 0 bridgehead atoms. The summed E-state index contributed by atoms with van der Waals surface area (Å²) in [5.41, 5.74) is 2.12. The first-order valence-electron chi connectivity index (χ1n) is 11.1. The molecule has 0 spiro atoms. The molecule has 5 rings (SSSR count). The molecular formula is C25H22ClFN6O2. The van der Waals surface area contributed by atoms with E-state index >= 15 is 0 Å². The number of anilines is 2. The molecule has 1 fully saturated rings. The normalized spacial score (nSPS) is 14.1. The SMILES string of the molecule is Cc1ccc(N2CCN(c3nc(-c4ccc(Cl)cc4F)c4nc(C)n(C)c(=O)c4n3)CC2=O)cc1. The van der Waals surface area contributed by atoms with Gasteiger partial charge in [0.25, 0.3) is 5.56 Å². The van der Waals surface area contributed by atoms with Gasteiger partial charge in [0.15, 0.2) is 5.52 Å². The van der Waals surface area contributed by atoms with Gasteiger partial charge in [-0.15, -0.1) is 0 Å². The summed E-state index contributed by atoms with van der Waals surface area (Å²) in [5.74, 6) is -0.111. The van der Waals surface area contributed by atoms with Crippen LogP contribution in [0.5, 0.6) is 0 Å². The molecule has 35 heavy (non-hydrogen) atoms. The number of carbonyl (C=O) groups is 1. The van der Waals surface area contributed by atoms with Gasteiger partial charge in [-0.3, -0.25) is 14.2 Å². The molecule has 1 aliphatic heterocycles. The van der Waals surface area contributed by atoms with E-state index in [2.05, 4.69) is 15.0 Å². The highest BCUT2D eigenvalue weighted by atomic mass is 35.5. The first-order valence-corrected chi connectivity index (χ1v) is 11.4. The van der Waals surface area contributed by atoms with Crippen LogP contribution in [-0.4, -0.2) is 45.1 Å². The summed E-state index contributed by atoms with van der Waals surface area (Å²) in [6, 6.07) is 12.0. The van der Waals surface area contributed by atoms with E-state index < -0.39 is 5.82 Å². The third-order valence-corrected chi connectivity index (χ3v) is 6.41. The number of amides is 1. The molecule has 8 nitrogen and oxygen atoms in total. The molecule has 10 heteroatoms. The van der Waals surface area contributed by atoms with Crippen molar-refractivity contribution in [3.8, 4) is 11.3 Å².